The maximum absolute atomic E-state index is 12.4. The molecule has 5 nitrogen and oxygen atoms in total. The van der Waals surface area contributed by atoms with Gasteiger partial charge >= 0.3 is 6.03 Å². The van der Waals surface area contributed by atoms with Crippen molar-refractivity contribution in [3.63, 3.8) is 0 Å². The zero-order valence-electron chi connectivity index (χ0n) is 13.3. The number of morpholine rings is 1. The highest BCUT2D eigenvalue weighted by atomic mass is 16.5. The first kappa shape index (κ1) is 15.8. The summed E-state index contributed by atoms with van der Waals surface area (Å²) < 4.78 is 5.69. The number of nitrogens with zero attached hydrogens (tertiary/aromatic N) is 2. The number of nitrogens with one attached hydrogen (secondary N) is 1. The summed E-state index contributed by atoms with van der Waals surface area (Å²) in [7, 11) is 4.02. The molecule has 1 aliphatic heterocycles. The Bertz CT molecular complexity index is 482. The molecule has 0 radical (unpaired) electrons. The van der Waals surface area contributed by atoms with Crippen LogP contribution in [0.4, 0.5) is 10.5 Å². The van der Waals surface area contributed by atoms with Crippen molar-refractivity contribution in [2.24, 2.45) is 0 Å². The van der Waals surface area contributed by atoms with E-state index in [2.05, 4.69) is 16.3 Å². The van der Waals surface area contributed by atoms with Crippen LogP contribution in [-0.4, -0.2) is 62.3 Å². The Morgan fingerprint density at radius 2 is 2.00 bits per heavy atom. The van der Waals surface area contributed by atoms with E-state index in [4.69, 9.17) is 4.74 Å². The predicted molar refractivity (Wildman–Crippen MR) is 84.8 cm³/mol. The van der Waals surface area contributed by atoms with E-state index in [0.29, 0.717) is 19.7 Å². The van der Waals surface area contributed by atoms with E-state index in [-0.39, 0.29) is 12.1 Å². The highest BCUT2D eigenvalue weighted by molar-refractivity contribution is 5.89. The molecule has 0 aromatic heterocycles. The van der Waals surface area contributed by atoms with E-state index in [0.717, 1.165) is 23.4 Å². The molecule has 0 bridgehead atoms. The van der Waals surface area contributed by atoms with Crippen LogP contribution in [0.3, 0.4) is 0 Å². The maximum atomic E-state index is 12.4. The average molecular weight is 291 g/mol. The summed E-state index contributed by atoms with van der Waals surface area (Å²) in [5, 5.41) is 2.98. The van der Waals surface area contributed by atoms with Gasteiger partial charge in [0, 0.05) is 25.3 Å². The van der Waals surface area contributed by atoms with E-state index < -0.39 is 0 Å². The number of carbonyl (C=O) groups is 1. The predicted octanol–water partition coefficient (Wildman–Crippen LogP) is 2.10. The molecule has 1 unspecified atom stereocenters. The van der Waals surface area contributed by atoms with Gasteiger partial charge in [0.1, 0.15) is 0 Å². The second-order valence-corrected chi connectivity index (χ2v) is 6.01. The summed E-state index contributed by atoms with van der Waals surface area (Å²) in [6.07, 6.45) is 0.0822. The summed E-state index contributed by atoms with van der Waals surface area (Å²) in [5.74, 6) is 0. The molecule has 1 N–H and O–H groups in total. The number of urea groups is 1. The van der Waals surface area contributed by atoms with Gasteiger partial charge in [0.25, 0.3) is 0 Å². The molecule has 1 aliphatic rings. The molecule has 1 atom stereocenters. The van der Waals surface area contributed by atoms with Gasteiger partial charge in [-0.3, -0.25) is 0 Å². The number of benzene rings is 1. The van der Waals surface area contributed by atoms with Crippen molar-refractivity contribution in [3.8, 4) is 0 Å². The Morgan fingerprint density at radius 3 is 2.62 bits per heavy atom. The van der Waals surface area contributed by atoms with Crippen LogP contribution < -0.4 is 5.32 Å². The smallest absolute Gasteiger partial charge is 0.322 e. The van der Waals surface area contributed by atoms with Gasteiger partial charge in [-0.05, 0) is 51.2 Å². The fraction of sp³-hybridized carbons (Fsp3) is 0.562. The molecule has 0 spiro atoms. The van der Waals surface area contributed by atoms with Gasteiger partial charge in [0.2, 0.25) is 0 Å². The van der Waals surface area contributed by atoms with Crippen molar-refractivity contribution >= 4 is 11.7 Å². The first-order chi connectivity index (χ1) is 9.94. The Kier molecular flexibility index (Phi) is 5.20. The van der Waals surface area contributed by atoms with Gasteiger partial charge in [-0.25, -0.2) is 4.79 Å². The standard InChI is InChI=1S/C16H25N3O2/c1-12-7-13(2)9-14(8-12)17-16(20)19-5-6-21-15(11-19)10-18(3)4/h7-9,15H,5-6,10-11H2,1-4H3,(H,17,20). The Labute approximate surface area is 126 Å². The molecule has 1 aromatic rings. The van der Waals surface area contributed by atoms with Crippen molar-refractivity contribution in [1.29, 1.82) is 0 Å². The van der Waals surface area contributed by atoms with Crippen LogP contribution >= 0.6 is 0 Å². The lowest BCUT2D eigenvalue weighted by Gasteiger charge is -2.34. The number of hydrogen-bond donors (Lipinski definition) is 1. The molecule has 1 aromatic carbocycles. The minimum atomic E-state index is -0.0490. The molecule has 1 heterocycles. The summed E-state index contributed by atoms with van der Waals surface area (Å²) in [4.78, 5) is 16.3. The third-order valence-corrected chi connectivity index (χ3v) is 3.47. The number of hydrogen-bond acceptors (Lipinski definition) is 3. The minimum absolute atomic E-state index is 0.0490. The van der Waals surface area contributed by atoms with Crippen molar-refractivity contribution in [2.45, 2.75) is 20.0 Å². The van der Waals surface area contributed by atoms with Crippen LogP contribution in [0.25, 0.3) is 0 Å². The molecule has 0 aliphatic carbocycles. The number of amides is 2. The van der Waals surface area contributed by atoms with Gasteiger partial charge in [-0.2, -0.15) is 0 Å². The average Bonchev–Trinajstić information content (AvgIpc) is 2.36. The highest BCUT2D eigenvalue weighted by Gasteiger charge is 2.24. The number of ether oxygens (including phenoxy) is 1. The number of carbonyl (C=O) groups excluding carboxylic acids is 1. The number of anilines is 1. The third-order valence-electron chi connectivity index (χ3n) is 3.47. The molecular formula is C16H25N3O2. The van der Waals surface area contributed by atoms with Crippen molar-refractivity contribution in [3.05, 3.63) is 29.3 Å². The molecule has 2 amide bonds. The van der Waals surface area contributed by atoms with Crippen LogP contribution in [0.1, 0.15) is 11.1 Å². The Morgan fingerprint density at radius 1 is 1.33 bits per heavy atom. The molecule has 2 rings (SSSR count). The second kappa shape index (κ2) is 6.91. The van der Waals surface area contributed by atoms with Crippen LogP contribution in [0, 0.1) is 13.8 Å². The molecule has 1 saturated heterocycles. The topological polar surface area (TPSA) is 44.8 Å². The first-order valence-corrected chi connectivity index (χ1v) is 7.34. The maximum Gasteiger partial charge on any atom is 0.322 e. The molecule has 0 saturated carbocycles. The number of rotatable bonds is 3. The zero-order chi connectivity index (χ0) is 15.4. The van der Waals surface area contributed by atoms with E-state index >= 15 is 0 Å². The van der Waals surface area contributed by atoms with E-state index in [9.17, 15) is 4.79 Å². The van der Waals surface area contributed by atoms with Crippen LogP contribution in [0.2, 0.25) is 0 Å². The quantitative estimate of drug-likeness (QED) is 0.927. The van der Waals surface area contributed by atoms with Crippen molar-refractivity contribution in [2.75, 3.05) is 45.7 Å². The zero-order valence-corrected chi connectivity index (χ0v) is 13.3. The van der Waals surface area contributed by atoms with E-state index in [1.165, 1.54) is 0 Å². The normalized spacial score (nSPS) is 18.9. The third kappa shape index (κ3) is 4.72. The lowest BCUT2D eigenvalue weighted by atomic mass is 10.1. The summed E-state index contributed by atoms with van der Waals surface area (Å²) in [6, 6.07) is 6.02. The lowest BCUT2D eigenvalue weighted by Crippen LogP contribution is -2.50. The summed E-state index contributed by atoms with van der Waals surface area (Å²) in [6.45, 7) is 6.76. The highest BCUT2D eigenvalue weighted by Crippen LogP contribution is 2.15. The SMILES string of the molecule is Cc1cc(C)cc(NC(=O)N2CCOC(CN(C)C)C2)c1. The molecule has 5 heteroatoms. The van der Waals surface area contributed by atoms with Gasteiger partial charge < -0.3 is 19.9 Å². The number of aryl methyl sites for hydroxylation is 2. The monoisotopic (exact) mass is 291 g/mol. The molecule has 21 heavy (non-hydrogen) atoms. The first-order valence-electron chi connectivity index (χ1n) is 7.34. The van der Waals surface area contributed by atoms with Crippen LogP contribution in [-0.2, 0) is 4.74 Å². The molecule has 1 fully saturated rings. The van der Waals surface area contributed by atoms with Gasteiger partial charge in [0.15, 0.2) is 0 Å². The van der Waals surface area contributed by atoms with Gasteiger partial charge in [0.05, 0.1) is 12.7 Å². The second-order valence-electron chi connectivity index (χ2n) is 6.01. The van der Waals surface area contributed by atoms with Crippen LogP contribution in [0.5, 0.6) is 0 Å². The van der Waals surface area contributed by atoms with E-state index in [1.807, 2.05) is 45.0 Å². The van der Waals surface area contributed by atoms with Crippen molar-refractivity contribution in [1.82, 2.24) is 9.80 Å². The Balaban J connectivity index is 1.96. The molecular weight excluding hydrogens is 266 g/mol. The van der Waals surface area contributed by atoms with Gasteiger partial charge in [-0.15, -0.1) is 0 Å². The van der Waals surface area contributed by atoms with Crippen molar-refractivity contribution < 1.29 is 9.53 Å². The summed E-state index contributed by atoms with van der Waals surface area (Å²) >= 11 is 0. The largest absolute Gasteiger partial charge is 0.373 e. The van der Waals surface area contributed by atoms with E-state index in [1.54, 1.807) is 0 Å². The minimum Gasteiger partial charge on any atom is -0.373 e. The van der Waals surface area contributed by atoms with Gasteiger partial charge in [-0.1, -0.05) is 6.07 Å². The number of likely N-dealkylation sites (N-methyl/N-ethyl adjacent to an activating group) is 1. The fourth-order valence-corrected chi connectivity index (χ4v) is 2.67. The lowest BCUT2D eigenvalue weighted by molar-refractivity contribution is -0.0228. The summed E-state index contributed by atoms with van der Waals surface area (Å²) in [5.41, 5.74) is 3.16. The fourth-order valence-electron chi connectivity index (χ4n) is 2.67. The van der Waals surface area contributed by atoms with Crippen LogP contribution in [0.15, 0.2) is 18.2 Å². The molecule has 116 valence electrons. The Hall–Kier alpha value is -1.59.